The lowest BCUT2D eigenvalue weighted by Crippen LogP contribution is -2.25. The number of rotatable bonds is 5. The zero-order valence-electron chi connectivity index (χ0n) is 9.92. The van der Waals surface area contributed by atoms with Crippen molar-refractivity contribution in [2.75, 3.05) is 12.5 Å². The van der Waals surface area contributed by atoms with Crippen LogP contribution < -0.4 is 5.69 Å². The first-order chi connectivity index (χ1) is 8.79. The number of aromatic nitrogens is 2. The highest BCUT2D eigenvalue weighted by atomic mass is 35.5. The molecule has 18 heavy (non-hydrogen) atoms. The van der Waals surface area contributed by atoms with Gasteiger partial charge in [-0.25, -0.2) is 4.79 Å². The van der Waals surface area contributed by atoms with Gasteiger partial charge in [0.2, 0.25) is 0 Å². The van der Waals surface area contributed by atoms with Gasteiger partial charge >= 0.3 is 5.69 Å². The molecule has 1 heterocycles. The van der Waals surface area contributed by atoms with Crippen LogP contribution in [0.4, 0.5) is 0 Å². The molecule has 1 aromatic carbocycles. The standard InChI is InChI=1S/C13H15ClN2O2/c14-7-3-4-8-15-11-5-1-2-6-12(11)16(9-10-17)13(15)18/h1-6,17H,7-10H2. The van der Waals surface area contributed by atoms with E-state index in [1.165, 1.54) is 0 Å². The van der Waals surface area contributed by atoms with Crippen molar-refractivity contribution >= 4 is 22.6 Å². The molecule has 0 aliphatic rings. The van der Waals surface area contributed by atoms with Crippen LogP contribution in [0.1, 0.15) is 0 Å². The Kier molecular flexibility index (Phi) is 4.23. The quantitative estimate of drug-likeness (QED) is 0.660. The molecule has 0 bridgehead atoms. The minimum atomic E-state index is -0.107. The van der Waals surface area contributed by atoms with Gasteiger partial charge in [-0.15, -0.1) is 11.6 Å². The molecule has 96 valence electrons. The van der Waals surface area contributed by atoms with Gasteiger partial charge in [-0.2, -0.15) is 0 Å². The van der Waals surface area contributed by atoms with E-state index >= 15 is 0 Å². The largest absolute Gasteiger partial charge is 0.395 e. The zero-order chi connectivity index (χ0) is 13.0. The van der Waals surface area contributed by atoms with E-state index < -0.39 is 0 Å². The van der Waals surface area contributed by atoms with Crippen molar-refractivity contribution in [3.63, 3.8) is 0 Å². The highest BCUT2D eigenvalue weighted by Gasteiger charge is 2.10. The number of aliphatic hydroxyl groups is 1. The number of para-hydroxylation sites is 2. The van der Waals surface area contributed by atoms with Gasteiger partial charge in [-0.3, -0.25) is 9.13 Å². The second-order valence-corrected chi connectivity index (χ2v) is 4.19. The molecular weight excluding hydrogens is 252 g/mol. The Labute approximate surface area is 110 Å². The van der Waals surface area contributed by atoms with Gasteiger partial charge in [0.25, 0.3) is 0 Å². The molecule has 2 rings (SSSR count). The Bertz CT molecular complexity index is 613. The van der Waals surface area contributed by atoms with Crippen molar-refractivity contribution in [1.82, 2.24) is 9.13 Å². The number of aliphatic hydroxyl groups excluding tert-OH is 1. The molecule has 0 aliphatic heterocycles. The second-order valence-electron chi connectivity index (χ2n) is 3.88. The normalized spacial score (nSPS) is 11.7. The van der Waals surface area contributed by atoms with E-state index in [1.807, 2.05) is 36.4 Å². The molecule has 0 unspecified atom stereocenters. The highest BCUT2D eigenvalue weighted by molar-refractivity contribution is 6.18. The molecule has 1 aromatic heterocycles. The summed E-state index contributed by atoms with van der Waals surface area (Å²) in [6.45, 7) is 0.751. The maximum absolute atomic E-state index is 12.2. The Morgan fingerprint density at radius 2 is 1.83 bits per heavy atom. The number of hydrogen-bond donors (Lipinski definition) is 1. The maximum Gasteiger partial charge on any atom is 0.329 e. The predicted molar refractivity (Wildman–Crippen MR) is 73.1 cm³/mol. The fourth-order valence-corrected chi connectivity index (χ4v) is 2.13. The highest BCUT2D eigenvalue weighted by Crippen LogP contribution is 2.12. The van der Waals surface area contributed by atoms with Crippen molar-refractivity contribution in [2.24, 2.45) is 0 Å². The third-order valence-corrected chi connectivity index (χ3v) is 2.97. The summed E-state index contributed by atoms with van der Waals surface area (Å²) in [4.78, 5) is 12.2. The van der Waals surface area contributed by atoms with Crippen LogP contribution in [0.3, 0.4) is 0 Å². The van der Waals surface area contributed by atoms with Crippen molar-refractivity contribution in [3.8, 4) is 0 Å². The third-order valence-electron chi connectivity index (χ3n) is 2.79. The van der Waals surface area contributed by atoms with E-state index in [2.05, 4.69) is 0 Å². The number of imidazole rings is 1. The summed E-state index contributed by atoms with van der Waals surface area (Å²) in [6, 6.07) is 7.56. The molecule has 5 heteroatoms. The molecule has 4 nitrogen and oxygen atoms in total. The molecular formula is C13H15ClN2O2. The van der Waals surface area contributed by atoms with E-state index in [9.17, 15) is 4.79 Å². The average Bonchev–Trinajstić information content (AvgIpc) is 2.65. The molecule has 1 N–H and O–H groups in total. The fraction of sp³-hybridized carbons (Fsp3) is 0.308. The Balaban J connectivity index is 2.54. The zero-order valence-corrected chi connectivity index (χ0v) is 10.7. The lowest BCUT2D eigenvalue weighted by molar-refractivity contribution is 0.275. The SMILES string of the molecule is O=c1n(CC=CCCl)c2ccccc2n1CCO. The fourth-order valence-electron chi connectivity index (χ4n) is 2.01. The van der Waals surface area contributed by atoms with Crippen molar-refractivity contribution < 1.29 is 5.11 Å². The first-order valence-corrected chi connectivity index (χ1v) is 6.33. The van der Waals surface area contributed by atoms with E-state index in [-0.39, 0.29) is 12.3 Å². The lowest BCUT2D eigenvalue weighted by atomic mass is 10.3. The van der Waals surface area contributed by atoms with Gasteiger partial charge in [0.05, 0.1) is 24.2 Å². The molecule has 0 saturated heterocycles. The van der Waals surface area contributed by atoms with Gasteiger partial charge < -0.3 is 5.11 Å². The van der Waals surface area contributed by atoms with Crippen LogP contribution in [0.2, 0.25) is 0 Å². The van der Waals surface area contributed by atoms with Gasteiger partial charge in [-0.05, 0) is 12.1 Å². The third kappa shape index (κ3) is 2.35. The van der Waals surface area contributed by atoms with Crippen LogP contribution in [-0.4, -0.2) is 26.7 Å². The van der Waals surface area contributed by atoms with Crippen LogP contribution in [0, 0.1) is 0 Å². The van der Waals surface area contributed by atoms with Crippen LogP contribution in [0.25, 0.3) is 11.0 Å². The van der Waals surface area contributed by atoms with Crippen molar-refractivity contribution in [1.29, 1.82) is 0 Å². The Hall–Kier alpha value is -1.52. The van der Waals surface area contributed by atoms with E-state index in [4.69, 9.17) is 16.7 Å². The minimum absolute atomic E-state index is 0.0502. The van der Waals surface area contributed by atoms with Gasteiger partial charge in [-0.1, -0.05) is 24.3 Å². The second kappa shape index (κ2) is 5.89. The first-order valence-electron chi connectivity index (χ1n) is 5.79. The summed E-state index contributed by atoms with van der Waals surface area (Å²) in [7, 11) is 0. The van der Waals surface area contributed by atoms with Crippen molar-refractivity contribution in [2.45, 2.75) is 13.1 Å². The van der Waals surface area contributed by atoms with E-state index in [0.717, 1.165) is 11.0 Å². The number of allylic oxidation sites excluding steroid dienone is 2. The van der Waals surface area contributed by atoms with E-state index in [0.29, 0.717) is 19.0 Å². The Morgan fingerprint density at radius 3 is 2.44 bits per heavy atom. The summed E-state index contributed by atoms with van der Waals surface area (Å²) >= 11 is 5.57. The summed E-state index contributed by atoms with van der Waals surface area (Å²) < 4.78 is 3.26. The molecule has 0 radical (unpaired) electrons. The minimum Gasteiger partial charge on any atom is -0.395 e. The first kappa shape index (κ1) is 12.9. The molecule has 0 spiro atoms. The Morgan fingerprint density at radius 1 is 1.17 bits per heavy atom. The summed E-state index contributed by atoms with van der Waals surface area (Å²) in [5.74, 6) is 0.435. The van der Waals surface area contributed by atoms with Crippen LogP contribution in [0.5, 0.6) is 0 Å². The van der Waals surface area contributed by atoms with E-state index in [1.54, 1.807) is 9.13 Å². The molecule has 0 atom stereocenters. The average molecular weight is 267 g/mol. The smallest absolute Gasteiger partial charge is 0.329 e. The number of nitrogens with zero attached hydrogens (tertiary/aromatic N) is 2. The topological polar surface area (TPSA) is 47.2 Å². The van der Waals surface area contributed by atoms with Crippen LogP contribution >= 0.6 is 11.6 Å². The number of benzene rings is 1. The van der Waals surface area contributed by atoms with Crippen LogP contribution in [0.15, 0.2) is 41.2 Å². The number of halogens is 1. The molecule has 0 saturated carbocycles. The predicted octanol–water partition coefficient (Wildman–Crippen LogP) is 1.59. The monoisotopic (exact) mass is 266 g/mol. The number of hydrogen-bond acceptors (Lipinski definition) is 2. The molecule has 0 aliphatic carbocycles. The summed E-state index contributed by atoms with van der Waals surface area (Å²) in [5, 5.41) is 9.03. The summed E-state index contributed by atoms with van der Waals surface area (Å²) in [6.07, 6.45) is 3.68. The van der Waals surface area contributed by atoms with Gasteiger partial charge in [0.15, 0.2) is 0 Å². The maximum atomic E-state index is 12.2. The summed E-state index contributed by atoms with van der Waals surface area (Å²) in [5.41, 5.74) is 1.61. The molecule has 0 amide bonds. The van der Waals surface area contributed by atoms with Gasteiger partial charge in [0, 0.05) is 12.4 Å². The lowest BCUT2D eigenvalue weighted by Gasteiger charge is -1.97. The van der Waals surface area contributed by atoms with Gasteiger partial charge in [0.1, 0.15) is 0 Å². The molecule has 0 fully saturated rings. The van der Waals surface area contributed by atoms with Crippen molar-refractivity contribution in [3.05, 3.63) is 46.9 Å². The van der Waals surface area contributed by atoms with Crippen LogP contribution in [-0.2, 0) is 13.1 Å². The number of alkyl halides is 1. The number of fused-ring (bicyclic) bond motifs is 1. The molecule has 2 aromatic rings.